The van der Waals surface area contributed by atoms with Crippen LogP contribution in [0.5, 0.6) is 5.75 Å². The molecule has 1 aromatic heterocycles. The maximum atomic E-state index is 12.6. The molecule has 0 saturated heterocycles. The van der Waals surface area contributed by atoms with Crippen molar-refractivity contribution in [2.45, 2.75) is 20.8 Å². The number of anilines is 2. The Balaban J connectivity index is 1.93. The van der Waals surface area contributed by atoms with Crippen molar-refractivity contribution in [1.29, 1.82) is 0 Å². The van der Waals surface area contributed by atoms with Crippen LogP contribution in [0.15, 0.2) is 35.7 Å². The van der Waals surface area contributed by atoms with Gasteiger partial charge in [-0.1, -0.05) is 6.07 Å². The summed E-state index contributed by atoms with van der Waals surface area (Å²) >= 11 is 1.47. The van der Waals surface area contributed by atoms with Crippen LogP contribution >= 0.6 is 11.3 Å². The van der Waals surface area contributed by atoms with E-state index < -0.39 is 0 Å². The number of aryl methyl sites for hydroxylation is 1. The molecule has 0 atom stereocenters. The minimum Gasteiger partial charge on any atom is -0.507 e. The molecule has 128 valence electrons. The van der Waals surface area contributed by atoms with E-state index in [0.29, 0.717) is 16.9 Å². The van der Waals surface area contributed by atoms with Crippen LogP contribution in [0.25, 0.3) is 10.1 Å². The summed E-state index contributed by atoms with van der Waals surface area (Å²) in [7, 11) is 0. The minimum atomic E-state index is -0.314. The fourth-order valence-electron chi connectivity index (χ4n) is 2.73. The highest BCUT2D eigenvalue weighted by Crippen LogP contribution is 2.32. The highest BCUT2D eigenvalue weighted by molar-refractivity contribution is 7.17. The molecule has 0 unspecified atom stereocenters. The van der Waals surface area contributed by atoms with Crippen LogP contribution in [0.1, 0.15) is 28.4 Å². The molecule has 3 aromatic rings. The van der Waals surface area contributed by atoms with E-state index in [-0.39, 0.29) is 17.6 Å². The van der Waals surface area contributed by atoms with E-state index in [4.69, 9.17) is 0 Å². The second-order valence-corrected chi connectivity index (χ2v) is 6.84. The molecule has 0 aliphatic rings. The van der Waals surface area contributed by atoms with Gasteiger partial charge in [0.1, 0.15) is 5.75 Å². The number of hydrogen-bond acceptors (Lipinski definition) is 4. The van der Waals surface area contributed by atoms with Crippen molar-refractivity contribution in [2.75, 3.05) is 10.6 Å². The third-order valence-electron chi connectivity index (χ3n) is 4.03. The van der Waals surface area contributed by atoms with Crippen LogP contribution < -0.4 is 10.6 Å². The Bertz CT molecular complexity index is 992. The average molecular weight is 354 g/mol. The number of rotatable bonds is 3. The van der Waals surface area contributed by atoms with Gasteiger partial charge in [-0.05, 0) is 54.6 Å². The maximum absolute atomic E-state index is 12.6. The molecule has 2 aromatic carbocycles. The number of aromatic hydroxyl groups is 1. The molecule has 1 heterocycles. The number of fused-ring (bicyclic) bond motifs is 1. The molecule has 6 heteroatoms. The molecule has 2 amide bonds. The van der Waals surface area contributed by atoms with Crippen molar-refractivity contribution < 1.29 is 14.7 Å². The van der Waals surface area contributed by atoms with Gasteiger partial charge in [-0.2, -0.15) is 0 Å². The molecule has 25 heavy (non-hydrogen) atoms. The van der Waals surface area contributed by atoms with E-state index in [2.05, 4.69) is 10.6 Å². The summed E-state index contributed by atoms with van der Waals surface area (Å²) in [5.41, 5.74) is 3.40. The smallest absolute Gasteiger partial charge is 0.255 e. The van der Waals surface area contributed by atoms with Crippen molar-refractivity contribution in [3.05, 3.63) is 52.4 Å². The Hall–Kier alpha value is -2.86. The van der Waals surface area contributed by atoms with Crippen LogP contribution in [0, 0.1) is 13.8 Å². The van der Waals surface area contributed by atoms with Crippen LogP contribution in [0.2, 0.25) is 0 Å². The lowest BCUT2D eigenvalue weighted by molar-refractivity contribution is -0.114. The number of phenols is 1. The molecular formula is C19H18N2O3S. The second-order valence-electron chi connectivity index (χ2n) is 5.89. The number of nitrogens with one attached hydrogen (secondary N) is 2. The zero-order valence-corrected chi connectivity index (χ0v) is 15.0. The van der Waals surface area contributed by atoms with E-state index in [0.717, 1.165) is 21.2 Å². The molecule has 0 fully saturated rings. The quantitative estimate of drug-likeness (QED) is 0.651. The van der Waals surface area contributed by atoms with Crippen LogP contribution in [-0.2, 0) is 4.79 Å². The molecule has 5 nitrogen and oxygen atoms in total. The Kier molecular flexibility index (Phi) is 4.46. The van der Waals surface area contributed by atoms with Gasteiger partial charge in [0.05, 0.1) is 0 Å². The van der Waals surface area contributed by atoms with Gasteiger partial charge in [-0.3, -0.25) is 9.59 Å². The number of hydrogen-bond donors (Lipinski definition) is 3. The van der Waals surface area contributed by atoms with E-state index in [1.165, 1.54) is 24.3 Å². The molecule has 0 saturated carbocycles. The van der Waals surface area contributed by atoms with Gasteiger partial charge < -0.3 is 15.7 Å². The lowest BCUT2D eigenvalue weighted by Crippen LogP contribution is -2.15. The second kappa shape index (κ2) is 6.57. The van der Waals surface area contributed by atoms with Crippen molar-refractivity contribution in [1.82, 2.24) is 0 Å². The summed E-state index contributed by atoms with van der Waals surface area (Å²) in [4.78, 5) is 24.0. The fraction of sp³-hybridized carbons (Fsp3) is 0.158. The van der Waals surface area contributed by atoms with Crippen LogP contribution in [0.4, 0.5) is 11.4 Å². The number of carbonyl (C=O) groups is 2. The SMILES string of the molecule is CC(=O)Nc1c(C)ccc(NC(=O)c2cc(O)c3ccsc3c2)c1C. The molecule has 3 rings (SSSR count). The van der Waals surface area contributed by atoms with Crippen molar-refractivity contribution >= 4 is 44.6 Å². The van der Waals surface area contributed by atoms with Gasteiger partial charge in [0, 0.05) is 33.9 Å². The fourth-order valence-corrected chi connectivity index (χ4v) is 3.57. The first-order chi connectivity index (χ1) is 11.9. The van der Waals surface area contributed by atoms with Crippen LogP contribution in [-0.4, -0.2) is 16.9 Å². The standard InChI is InChI=1S/C19H18N2O3S/c1-10-4-5-15(11(2)18(10)20-12(3)22)21-19(24)13-8-16(23)14-6-7-25-17(14)9-13/h4-9,23H,1-3H3,(H,20,22)(H,21,24). The van der Waals surface area contributed by atoms with Gasteiger partial charge in [0.2, 0.25) is 5.91 Å². The normalized spacial score (nSPS) is 10.7. The zero-order chi connectivity index (χ0) is 18.1. The predicted molar refractivity (Wildman–Crippen MR) is 102 cm³/mol. The lowest BCUT2D eigenvalue weighted by atomic mass is 10.1. The van der Waals surface area contributed by atoms with Gasteiger partial charge in [-0.25, -0.2) is 0 Å². The number of thiophene rings is 1. The monoisotopic (exact) mass is 354 g/mol. The van der Waals surface area contributed by atoms with Gasteiger partial charge >= 0.3 is 0 Å². The number of carbonyl (C=O) groups excluding carboxylic acids is 2. The molecule has 0 radical (unpaired) electrons. The van der Waals surface area contributed by atoms with Gasteiger partial charge in [0.15, 0.2) is 0 Å². The summed E-state index contributed by atoms with van der Waals surface area (Å²) in [6.45, 7) is 5.18. The van der Waals surface area contributed by atoms with E-state index in [1.807, 2.05) is 31.4 Å². The minimum absolute atomic E-state index is 0.0865. The third kappa shape index (κ3) is 3.34. The van der Waals surface area contributed by atoms with Gasteiger partial charge in [0.25, 0.3) is 5.91 Å². The first-order valence-electron chi connectivity index (χ1n) is 7.76. The summed E-state index contributed by atoms with van der Waals surface area (Å²) in [6, 6.07) is 8.68. The summed E-state index contributed by atoms with van der Waals surface area (Å²) in [5, 5.41) is 18.3. The Morgan fingerprint density at radius 3 is 2.56 bits per heavy atom. The Morgan fingerprint density at radius 2 is 1.84 bits per heavy atom. The molecule has 0 aliphatic carbocycles. The number of benzene rings is 2. The van der Waals surface area contributed by atoms with E-state index in [1.54, 1.807) is 12.1 Å². The molecule has 3 N–H and O–H groups in total. The Labute approximate surface area is 149 Å². The average Bonchev–Trinajstić information content (AvgIpc) is 3.03. The summed E-state index contributed by atoms with van der Waals surface area (Å²) in [6.07, 6.45) is 0. The topological polar surface area (TPSA) is 78.4 Å². The van der Waals surface area contributed by atoms with Gasteiger partial charge in [-0.15, -0.1) is 11.3 Å². The molecular weight excluding hydrogens is 336 g/mol. The molecule has 0 bridgehead atoms. The first kappa shape index (κ1) is 17.0. The molecule has 0 spiro atoms. The lowest BCUT2D eigenvalue weighted by Gasteiger charge is -2.15. The van der Waals surface area contributed by atoms with Crippen molar-refractivity contribution in [3.8, 4) is 5.75 Å². The predicted octanol–water partition coefficient (Wildman–Crippen LogP) is 4.43. The largest absolute Gasteiger partial charge is 0.507 e. The Morgan fingerprint density at radius 1 is 1.08 bits per heavy atom. The zero-order valence-electron chi connectivity index (χ0n) is 14.1. The summed E-state index contributed by atoms with van der Waals surface area (Å²) in [5.74, 6) is -0.391. The highest BCUT2D eigenvalue weighted by atomic mass is 32.1. The van der Waals surface area contributed by atoms with Crippen molar-refractivity contribution in [3.63, 3.8) is 0 Å². The summed E-state index contributed by atoms with van der Waals surface area (Å²) < 4.78 is 0.852. The maximum Gasteiger partial charge on any atom is 0.255 e. The first-order valence-corrected chi connectivity index (χ1v) is 8.64. The molecule has 0 aliphatic heterocycles. The van der Waals surface area contributed by atoms with E-state index in [9.17, 15) is 14.7 Å². The number of phenolic OH excluding ortho intramolecular Hbond substituents is 1. The third-order valence-corrected chi connectivity index (χ3v) is 4.90. The highest BCUT2D eigenvalue weighted by Gasteiger charge is 2.14. The van der Waals surface area contributed by atoms with Crippen molar-refractivity contribution in [2.24, 2.45) is 0 Å². The number of amides is 2. The van der Waals surface area contributed by atoms with E-state index >= 15 is 0 Å². The van der Waals surface area contributed by atoms with Crippen LogP contribution in [0.3, 0.4) is 0 Å².